The minimum absolute atomic E-state index is 0.199. The van der Waals surface area contributed by atoms with Gasteiger partial charge in [0, 0.05) is 18.2 Å². The molecule has 0 aliphatic rings. The highest BCUT2D eigenvalue weighted by molar-refractivity contribution is 8.00. The van der Waals surface area contributed by atoms with Crippen LogP contribution >= 0.6 is 11.8 Å². The number of halogens is 2. The van der Waals surface area contributed by atoms with E-state index in [1.807, 2.05) is 34.9 Å². The zero-order valence-electron chi connectivity index (χ0n) is 15.1. The van der Waals surface area contributed by atoms with Gasteiger partial charge in [0.25, 0.3) is 0 Å². The molecule has 0 unspecified atom stereocenters. The van der Waals surface area contributed by atoms with Crippen molar-refractivity contribution in [2.45, 2.75) is 23.9 Å². The molecule has 5 nitrogen and oxygen atoms in total. The summed E-state index contributed by atoms with van der Waals surface area (Å²) in [5, 5.41) is 10.7. The molecule has 1 N–H and O–H groups in total. The van der Waals surface area contributed by atoms with Crippen molar-refractivity contribution in [2.75, 3.05) is 5.32 Å². The van der Waals surface area contributed by atoms with Crippen molar-refractivity contribution in [3.05, 3.63) is 72.8 Å². The van der Waals surface area contributed by atoms with Crippen molar-refractivity contribution in [1.82, 2.24) is 14.8 Å². The van der Waals surface area contributed by atoms with E-state index in [2.05, 4.69) is 22.1 Å². The lowest BCUT2D eigenvalue weighted by Crippen LogP contribution is -2.23. The fraction of sp³-hybridized carbons (Fsp3) is 0.150. The van der Waals surface area contributed by atoms with Crippen molar-refractivity contribution in [3.8, 4) is 11.4 Å². The third-order valence-corrected chi connectivity index (χ3v) is 4.98. The third-order valence-electron chi connectivity index (χ3n) is 3.90. The van der Waals surface area contributed by atoms with Gasteiger partial charge in [-0.25, -0.2) is 8.78 Å². The van der Waals surface area contributed by atoms with Gasteiger partial charge < -0.3 is 5.32 Å². The minimum Gasteiger partial charge on any atom is -0.323 e. The Morgan fingerprint density at radius 3 is 2.71 bits per heavy atom. The molecule has 3 rings (SSSR count). The summed E-state index contributed by atoms with van der Waals surface area (Å²) >= 11 is 1.18. The van der Waals surface area contributed by atoms with Gasteiger partial charge in [-0.15, -0.1) is 16.8 Å². The van der Waals surface area contributed by atoms with Crippen LogP contribution in [0.1, 0.15) is 6.92 Å². The Labute approximate surface area is 165 Å². The van der Waals surface area contributed by atoms with Gasteiger partial charge in [0.2, 0.25) is 5.91 Å². The lowest BCUT2D eigenvalue weighted by molar-refractivity contribution is -0.115. The predicted molar refractivity (Wildman–Crippen MR) is 106 cm³/mol. The average Bonchev–Trinajstić information content (AvgIpc) is 3.08. The van der Waals surface area contributed by atoms with Crippen molar-refractivity contribution < 1.29 is 13.6 Å². The molecule has 3 aromatic rings. The first-order valence-electron chi connectivity index (χ1n) is 8.51. The Kier molecular flexibility index (Phi) is 6.20. The van der Waals surface area contributed by atoms with Gasteiger partial charge in [0.1, 0.15) is 11.6 Å². The molecule has 2 aromatic carbocycles. The topological polar surface area (TPSA) is 59.8 Å². The smallest absolute Gasteiger partial charge is 0.237 e. The van der Waals surface area contributed by atoms with Crippen molar-refractivity contribution in [3.63, 3.8) is 0 Å². The van der Waals surface area contributed by atoms with Crippen LogP contribution < -0.4 is 5.32 Å². The molecule has 28 heavy (non-hydrogen) atoms. The maximum Gasteiger partial charge on any atom is 0.237 e. The minimum atomic E-state index is -0.701. The monoisotopic (exact) mass is 400 g/mol. The van der Waals surface area contributed by atoms with Crippen molar-refractivity contribution in [1.29, 1.82) is 0 Å². The van der Waals surface area contributed by atoms with Gasteiger partial charge in [-0.1, -0.05) is 48.2 Å². The number of benzene rings is 2. The first-order chi connectivity index (χ1) is 13.5. The van der Waals surface area contributed by atoms with Crippen LogP contribution in [0.5, 0.6) is 0 Å². The molecule has 0 bridgehead atoms. The van der Waals surface area contributed by atoms with E-state index in [0.29, 0.717) is 17.5 Å². The molecule has 0 aliphatic heterocycles. The molecule has 144 valence electrons. The van der Waals surface area contributed by atoms with E-state index in [9.17, 15) is 13.6 Å². The normalized spacial score (nSPS) is 11.8. The van der Waals surface area contributed by atoms with Gasteiger partial charge in [-0.05, 0) is 19.1 Å². The Morgan fingerprint density at radius 2 is 2.00 bits per heavy atom. The summed E-state index contributed by atoms with van der Waals surface area (Å²) in [7, 11) is 0. The van der Waals surface area contributed by atoms with Crippen LogP contribution in [0.15, 0.2) is 66.3 Å². The quantitative estimate of drug-likeness (QED) is 0.468. The van der Waals surface area contributed by atoms with E-state index >= 15 is 0 Å². The average molecular weight is 400 g/mol. The first kappa shape index (κ1) is 19.8. The number of hydrogen-bond acceptors (Lipinski definition) is 4. The molecular weight excluding hydrogens is 382 g/mol. The number of allylic oxidation sites excluding steroid dienone is 1. The van der Waals surface area contributed by atoms with Gasteiger partial charge in [0.15, 0.2) is 11.0 Å². The highest BCUT2D eigenvalue weighted by atomic mass is 32.2. The number of carbonyl (C=O) groups is 1. The molecule has 0 radical (unpaired) electrons. The van der Waals surface area contributed by atoms with E-state index < -0.39 is 22.8 Å². The lowest BCUT2D eigenvalue weighted by atomic mass is 10.2. The van der Waals surface area contributed by atoms with Crippen LogP contribution in [-0.2, 0) is 11.3 Å². The summed E-state index contributed by atoms with van der Waals surface area (Å²) in [5.41, 5.74) is 0.692. The molecule has 0 saturated heterocycles. The van der Waals surface area contributed by atoms with E-state index in [1.54, 1.807) is 13.0 Å². The van der Waals surface area contributed by atoms with Gasteiger partial charge in [-0.3, -0.25) is 9.36 Å². The second-order valence-electron chi connectivity index (χ2n) is 5.94. The van der Waals surface area contributed by atoms with Crippen molar-refractivity contribution >= 4 is 23.4 Å². The summed E-state index contributed by atoms with van der Waals surface area (Å²) < 4.78 is 28.9. The van der Waals surface area contributed by atoms with E-state index in [0.717, 1.165) is 23.8 Å². The fourth-order valence-electron chi connectivity index (χ4n) is 2.51. The van der Waals surface area contributed by atoms with E-state index in [1.165, 1.54) is 11.8 Å². The Hall–Kier alpha value is -3.00. The molecule has 0 spiro atoms. The maximum atomic E-state index is 13.8. The summed E-state index contributed by atoms with van der Waals surface area (Å²) in [5.74, 6) is -1.14. The summed E-state index contributed by atoms with van der Waals surface area (Å²) in [6.07, 6.45) is 1.72. The number of nitrogens with one attached hydrogen (secondary N) is 1. The standard InChI is InChI=1S/C20H18F2N4OS/c1-3-11-26-18(14-7-5-4-6-8-14)24-25-20(26)28-13(2)19(27)23-17-12-15(21)9-10-16(17)22/h3-10,12-13H,1,11H2,2H3,(H,23,27)/t13-/m0/s1. The van der Waals surface area contributed by atoms with Crippen LogP contribution in [0.3, 0.4) is 0 Å². The molecule has 1 aromatic heterocycles. The summed E-state index contributed by atoms with van der Waals surface area (Å²) in [6, 6.07) is 12.4. The highest BCUT2D eigenvalue weighted by Gasteiger charge is 2.21. The molecule has 0 fully saturated rings. The number of nitrogens with zero attached hydrogens (tertiary/aromatic N) is 3. The van der Waals surface area contributed by atoms with Crippen LogP contribution in [0.2, 0.25) is 0 Å². The largest absolute Gasteiger partial charge is 0.323 e. The van der Waals surface area contributed by atoms with Crippen LogP contribution in [-0.4, -0.2) is 25.9 Å². The zero-order chi connectivity index (χ0) is 20.1. The number of hydrogen-bond donors (Lipinski definition) is 1. The van der Waals surface area contributed by atoms with Gasteiger partial charge in [-0.2, -0.15) is 0 Å². The first-order valence-corrected chi connectivity index (χ1v) is 9.39. The van der Waals surface area contributed by atoms with Gasteiger partial charge in [0.05, 0.1) is 10.9 Å². The number of carbonyl (C=O) groups excluding carboxylic acids is 1. The van der Waals surface area contributed by atoms with E-state index in [4.69, 9.17) is 0 Å². The van der Waals surface area contributed by atoms with Crippen LogP contribution in [0.4, 0.5) is 14.5 Å². The van der Waals surface area contributed by atoms with E-state index in [-0.39, 0.29) is 5.69 Å². The summed E-state index contributed by atoms with van der Waals surface area (Å²) in [4.78, 5) is 12.4. The third kappa shape index (κ3) is 4.45. The number of amides is 1. The Bertz CT molecular complexity index is 991. The Balaban J connectivity index is 1.79. The second-order valence-corrected chi connectivity index (χ2v) is 7.25. The Morgan fingerprint density at radius 1 is 1.25 bits per heavy atom. The van der Waals surface area contributed by atoms with Crippen molar-refractivity contribution in [2.24, 2.45) is 0 Å². The molecule has 8 heteroatoms. The van der Waals surface area contributed by atoms with Crippen LogP contribution in [0.25, 0.3) is 11.4 Å². The lowest BCUT2D eigenvalue weighted by Gasteiger charge is -2.13. The molecule has 0 saturated carbocycles. The van der Waals surface area contributed by atoms with Crippen LogP contribution in [0, 0.1) is 11.6 Å². The van der Waals surface area contributed by atoms with Gasteiger partial charge >= 0.3 is 0 Å². The number of aromatic nitrogens is 3. The second kappa shape index (κ2) is 8.79. The summed E-state index contributed by atoms with van der Waals surface area (Å²) in [6.45, 7) is 5.88. The molecule has 1 atom stereocenters. The zero-order valence-corrected chi connectivity index (χ0v) is 15.9. The fourth-order valence-corrected chi connectivity index (χ4v) is 3.37. The molecule has 0 aliphatic carbocycles. The number of anilines is 1. The highest BCUT2D eigenvalue weighted by Crippen LogP contribution is 2.27. The maximum absolute atomic E-state index is 13.8. The molecule has 1 amide bonds. The SMILES string of the molecule is C=CCn1c(S[C@@H](C)C(=O)Nc2cc(F)ccc2F)nnc1-c1ccccc1. The molecular formula is C20H18F2N4OS. The molecule has 1 heterocycles. The number of thioether (sulfide) groups is 1. The predicted octanol–water partition coefficient (Wildman–Crippen LogP) is 4.53. The number of rotatable bonds is 7.